The van der Waals surface area contributed by atoms with Gasteiger partial charge >= 0.3 is 0 Å². The summed E-state index contributed by atoms with van der Waals surface area (Å²) in [7, 11) is 0. The number of halogens is 2. The van der Waals surface area contributed by atoms with Crippen LogP contribution in [0.4, 0.5) is 14.5 Å². The van der Waals surface area contributed by atoms with Crippen molar-refractivity contribution in [1.82, 2.24) is 14.8 Å². The Hall–Kier alpha value is -3.62. The molecule has 1 fully saturated rings. The minimum Gasteiger partial charge on any atom is -0.369 e. The van der Waals surface area contributed by atoms with Gasteiger partial charge in [0.25, 0.3) is 0 Å². The standard InChI is InChI=1S/C20H17F2N5O2/c21-13-6-7-16(15(22)10-13)27-20(24-18(25-27)11-17(23)28)12-3-1-4-14(9-12)26-8-2-5-19(26)29/h1,3-4,6-7,9-10H,2,5,8,11H2,(H2,23,28). The molecule has 2 aromatic carbocycles. The van der Waals surface area contributed by atoms with Crippen molar-refractivity contribution in [2.75, 3.05) is 11.4 Å². The van der Waals surface area contributed by atoms with Gasteiger partial charge in [0.2, 0.25) is 11.8 Å². The molecule has 2 heterocycles. The van der Waals surface area contributed by atoms with Crippen molar-refractivity contribution < 1.29 is 18.4 Å². The van der Waals surface area contributed by atoms with Crippen molar-refractivity contribution in [3.05, 3.63) is 59.9 Å². The summed E-state index contributed by atoms with van der Waals surface area (Å²) in [6.45, 7) is 0.620. The van der Waals surface area contributed by atoms with Gasteiger partial charge in [-0.1, -0.05) is 12.1 Å². The van der Waals surface area contributed by atoms with Crippen molar-refractivity contribution in [2.24, 2.45) is 5.73 Å². The van der Waals surface area contributed by atoms with Gasteiger partial charge < -0.3 is 10.6 Å². The fourth-order valence-electron chi connectivity index (χ4n) is 3.33. The number of carbonyl (C=O) groups excluding carboxylic acids is 2. The average Bonchev–Trinajstić information content (AvgIpc) is 3.28. The molecule has 0 saturated carbocycles. The molecule has 4 rings (SSSR count). The van der Waals surface area contributed by atoms with E-state index >= 15 is 0 Å². The second-order valence-corrected chi connectivity index (χ2v) is 6.70. The molecule has 29 heavy (non-hydrogen) atoms. The number of benzene rings is 2. The smallest absolute Gasteiger partial charge is 0.227 e. The lowest BCUT2D eigenvalue weighted by Gasteiger charge is -2.16. The average molecular weight is 397 g/mol. The lowest BCUT2D eigenvalue weighted by atomic mass is 10.1. The topological polar surface area (TPSA) is 94.1 Å². The lowest BCUT2D eigenvalue weighted by molar-refractivity contribution is -0.118. The SMILES string of the molecule is NC(=O)Cc1nc(-c2cccc(N3CCCC3=O)c2)n(-c2ccc(F)cc2F)n1. The molecule has 2 N–H and O–H groups in total. The molecule has 1 aromatic heterocycles. The van der Waals surface area contributed by atoms with Crippen molar-refractivity contribution in [2.45, 2.75) is 19.3 Å². The van der Waals surface area contributed by atoms with Crippen LogP contribution >= 0.6 is 0 Å². The second-order valence-electron chi connectivity index (χ2n) is 6.70. The first-order chi connectivity index (χ1) is 13.9. The highest BCUT2D eigenvalue weighted by atomic mass is 19.1. The molecule has 1 aliphatic heterocycles. The zero-order valence-corrected chi connectivity index (χ0v) is 15.3. The van der Waals surface area contributed by atoms with Crippen LogP contribution in [-0.4, -0.2) is 33.1 Å². The Morgan fingerprint density at radius 1 is 1.17 bits per heavy atom. The molecule has 3 aromatic rings. The molecule has 7 nitrogen and oxygen atoms in total. The minimum atomic E-state index is -0.826. The molecule has 9 heteroatoms. The van der Waals surface area contributed by atoms with Crippen LogP contribution in [0.5, 0.6) is 0 Å². The van der Waals surface area contributed by atoms with Gasteiger partial charge in [-0.3, -0.25) is 9.59 Å². The van der Waals surface area contributed by atoms with E-state index in [1.807, 2.05) is 0 Å². The first-order valence-corrected chi connectivity index (χ1v) is 9.03. The maximum atomic E-state index is 14.4. The van der Waals surface area contributed by atoms with Gasteiger partial charge in [-0.25, -0.2) is 18.4 Å². The minimum absolute atomic E-state index is 0.0210. The maximum absolute atomic E-state index is 14.4. The largest absolute Gasteiger partial charge is 0.369 e. The first kappa shape index (κ1) is 18.7. The molecule has 0 bridgehead atoms. The third kappa shape index (κ3) is 3.71. The van der Waals surface area contributed by atoms with Crippen molar-refractivity contribution in [3.8, 4) is 17.1 Å². The Morgan fingerprint density at radius 3 is 2.69 bits per heavy atom. The first-order valence-electron chi connectivity index (χ1n) is 9.03. The molecule has 1 saturated heterocycles. The molecule has 0 unspecified atom stereocenters. The summed E-state index contributed by atoms with van der Waals surface area (Å²) in [5.74, 6) is -1.79. The normalized spacial score (nSPS) is 13.9. The number of aromatic nitrogens is 3. The quantitative estimate of drug-likeness (QED) is 0.715. The Balaban J connectivity index is 1.83. The van der Waals surface area contributed by atoms with Crippen molar-refractivity contribution in [3.63, 3.8) is 0 Å². The highest BCUT2D eigenvalue weighted by Crippen LogP contribution is 2.29. The van der Waals surface area contributed by atoms with Crippen LogP contribution in [0, 0.1) is 11.6 Å². The fourth-order valence-corrected chi connectivity index (χ4v) is 3.33. The number of nitrogens with two attached hydrogens (primary N) is 1. The third-order valence-corrected chi connectivity index (χ3v) is 4.61. The summed E-state index contributed by atoms with van der Waals surface area (Å²) >= 11 is 0. The van der Waals surface area contributed by atoms with Crippen LogP contribution in [0.1, 0.15) is 18.7 Å². The predicted octanol–water partition coefficient (Wildman–Crippen LogP) is 2.37. The molecule has 2 amide bonds. The van der Waals surface area contributed by atoms with Crippen molar-refractivity contribution >= 4 is 17.5 Å². The monoisotopic (exact) mass is 397 g/mol. The van der Waals surface area contributed by atoms with Gasteiger partial charge in [0, 0.05) is 30.3 Å². The van der Waals surface area contributed by atoms with E-state index in [0.717, 1.165) is 18.6 Å². The molecule has 0 spiro atoms. The lowest BCUT2D eigenvalue weighted by Crippen LogP contribution is -2.23. The Labute approximate surface area is 164 Å². The number of rotatable bonds is 5. The summed E-state index contributed by atoms with van der Waals surface area (Å²) in [6, 6.07) is 10.1. The van der Waals surface area contributed by atoms with Crippen molar-refractivity contribution in [1.29, 1.82) is 0 Å². The molecule has 0 radical (unpaired) electrons. The van der Waals surface area contributed by atoms with E-state index in [9.17, 15) is 18.4 Å². The molecule has 1 aliphatic rings. The fraction of sp³-hybridized carbons (Fsp3) is 0.200. The number of anilines is 1. The highest BCUT2D eigenvalue weighted by Gasteiger charge is 2.23. The van der Waals surface area contributed by atoms with Crippen LogP contribution in [0.25, 0.3) is 17.1 Å². The van der Waals surface area contributed by atoms with E-state index in [1.54, 1.807) is 29.2 Å². The number of nitrogens with zero attached hydrogens (tertiary/aromatic N) is 4. The van der Waals surface area contributed by atoms with Crippen LogP contribution in [0.3, 0.4) is 0 Å². The zero-order chi connectivity index (χ0) is 20.5. The van der Waals surface area contributed by atoms with Gasteiger partial charge in [0.1, 0.15) is 11.5 Å². The third-order valence-electron chi connectivity index (χ3n) is 4.61. The molecule has 0 aliphatic carbocycles. The molecule has 0 atom stereocenters. The Morgan fingerprint density at radius 2 is 2.00 bits per heavy atom. The van der Waals surface area contributed by atoms with E-state index in [0.29, 0.717) is 24.2 Å². The summed E-state index contributed by atoms with van der Waals surface area (Å²) < 4.78 is 29.0. The molecule has 148 valence electrons. The zero-order valence-electron chi connectivity index (χ0n) is 15.3. The summed E-state index contributed by atoms with van der Waals surface area (Å²) in [5.41, 5.74) is 6.47. The number of hydrogen-bond donors (Lipinski definition) is 1. The van der Waals surface area contributed by atoms with Crippen LogP contribution in [0.2, 0.25) is 0 Å². The van der Waals surface area contributed by atoms with Crippen LogP contribution in [-0.2, 0) is 16.0 Å². The highest BCUT2D eigenvalue weighted by molar-refractivity contribution is 5.95. The van der Waals surface area contributed by atoms with E-state index in [1.165, 1.54) is 10.7 Å². The van der Waals surface area contributed by atoms with Crippen LogP contribution < -0.4 is 10.6 Å². The van der Waals surface area contributed by atoms with E-state index in [2.05, 4.69) is 10.1 Å². The van der Waals surface area contributed by atoms with Gasteiger partial charge in [-0.05, 0) is 30.7 Å². The van der Waals surface area contributed by atoms with E-state index in [4.69, 9.17) is 5.73 Å². The summed E-state index contributed by atoms with van der Waals surface area (Å²) in [6.07, 6.45) is 1.04. The van der Waals surface area contributed by atoms with E-state index < -0.39 is 17.5 Å². The van der Waals surface area contributed by atoms with Gasteiger partial charge in [-0.15, -0.1) is 0 Å². The van der Waals surface area contributed by atoms with Gasteiger partial charge in [0.15, 0.2) is 17.5 Å². The van der Waals surface area contributed by atoms with Gasteiger partial charge in [0.05, 0.1) is 6.42 Å². The summed E-state index contributed by atoms with van der Waals surface area (Å²) in [4.78, 5) is 29.4. The Kier molecular flexibility index (Phi) is 4.79. The number of hydrogen-bond acceptors (Lipinski definition) is 4. The molecular formula is C20H17F2N5O2. The van der Waals surface area contributed by atoms with Gasteiger partial charge in [-0.2, -0.15) is 5.10 Å². The number of primary amides is 1. The maximum Gasteiger partial charge on any atom is 0.227 e. The predicted molar refractivity (Wildman–Crippen MR) is 101 cm³/mol. The van der Waals surface area contributed by atoms with Crippen LogP contribution in [0.15, 0.2) is 42.5 Å². The second kappa shape index (κ2) is 7.42. The molecular weight excluding hydrogens is 380 g/mol. The van der Waals surface area contributed by atoms with E-state index in [-0.39, 0.29) is 29.7 Å². The number of amides is 2. The number of carbonyl (C=O) groups is 2. The summed E-state index contributed by atoms with van der Waals surface area (Å²) in [5, 5.41) is 4.19. The Bertz CT molecular complexity index is 1110.